The largest absolute Gasteiger partial charge is 0.349 e. The van der Waals surface area contributed by atoms with E-state index in [2.05, 4.69) is 35.1 Å². The van der Waals surface area contributed by atoms with Gasteiger partial charge in [-0.1, -0.05) is 26.0 Å². The van der Waals surface area contributed by atoms with Gasteiger partial charge in [-0.05, 0) is 46.8 Å². The summed E-state index contributed by atoms with van der Waals surface area (Å²) in [7, 11) is 0. The lowest BCUT2D eigenvalue weighted by Gasteiger charge is -2.33. The van der Waals surface area contributed by atoms with Crippen LogP contribution in [0.15, 0.2) is 28.7 Å². The van der Waals surface area contributed by atoms with Gasteiger partial charge >= 0.3 is 0 Å². The van der Waals surface area contributed by atoms with Gasteiger partial charge in [0.05, 0.1) is 5.56 Å². The van der Waals surface area contributed by atoms with Gasteiger partial charge in [-0.2, -0.15) is 0 Å². The van der Waals surface area contributed by atoms with Crippen molar-refractivity contribution in [3.63, 3.8) is 0 Å². The van der Waals surface area contributed by atoms with Crippen LogP contribution in [0.1, 0.15) is 43.5 Å². The summed E-state index contributed by atoms with van der Waals surface area (Å²) in [6.07, 6.45) is 2.24. The van der Waals surface area contributed by atoms with E-state index < -0.39 is 0 Å². The second kappa shape index (κ2) is 7.77. The second-order valence-electron chi connectivity index (χ2n) is 6.21. The van der Waals surface area contributed by atoms with Gasteiger partial charge in [0.15, 0.2) is 0 Å². The lowest BCUT2D eigenvalue weighted by Crippen LogP contribution is -2.46. The van der Waals surface area contributed by atoms with Crippen LogP contribution in [0.4, 0.5) is 0 Å². The van der Waals surface area contributed by atoms with Crippen LogP contribution in [0, 0.1) is 5.92 Å². The molecule has 4 nitrogen and oxygen atoms in total. The van der Waals surface area contributed by atoms with E-state index in [0.717, 1.165) is 30.4 Å². The minimum Gasteiger partial charge on any atom is -0.349 e. The minimum atomic E-state index is -0.0561. The number of likely N-dealkylation sites (tertiary alicyclic amines) is 1. The lowest BCUT2D eigenvalue weighted by atomic mass is 10.0. The van der Waals surface area contributed by atoms with Crippen molar-refractivity contribution in [3.8, 4) is 0 Å². The first-order valence-corrected chi connectivity index (χ1v) is 8.60. The molecule has 0 atom stereocenters. The summed E-state index contributed by atoms with van der Waals surface area (Å²) in [6.45, 7) is 5.57. The molecule has 0 saturated carbocycles. The van der Waals surface area contributed by atoms with Crippen LogP contribution in [0.3, 0.4) is 0 Å². The molecule has 1 aliphatic heterocycles. The maximum atomic E-state index is 12.3. The molecule has 0 radical (unpaired) electrons. The van der Waals surface area contributed by atoms with Crippen molar-refractivity contribution in [3.05, 3.63) is 34.3 Å². The number of halogens is 1. The van der Waals surface area contributed by atoms with Gasteiger partial charge in [0, 0.05) is 30.0 Å². The summed E-state index contributed by atoms with van der Waals surface area (Å²) in [6, 6.07) is 7.55. The molecule has 1 aliphatic rings. The SMILES string of the molecule is CC(C)CC(=O)N1CCC(NC(=O)c2ccccc2Br)CC1. The van der Waals surface area contributed by atoms with Crippen LogP contribution in [-0.2, 0) is 4.79 Å². The average Bonchev–Trinajstić information content (AvgIpc) is 2.47. The molecule has 0 aliphatic carbocycles. The highest BCUT2D eigenvalue weighted by atomic mass is 79.9. The molecule has 0 spiro atoms. The molecule has 1 N–H and O–H groups in total. The number of nitrogens with zero attached hydrogens (tertiary/aromatic N) is 1. The average molecular weight is 367 g/mol. The fourth-order valence-electron chi connectivity index (χ4n) is 2.66. The van der Waals surface area contributed by atoms with Crippen LogP contribution < -0.4 is 5.32 Å². The molecular weight excluding hydrogens is 344 g/mol. The smallest absolute Gasteiger partial charge is 0.252 e. The molecule has 0 aromatic heterocycles. The van der Waals surface area contributed by atoms with Crippen LogP contribution >= 0.6 is 15.9 Å². The molecule has 5 heteroatoms. The van der Waals surface area contributed by atoms with Gasteiger partial charge in [0.1, 0.15) is 0 Å². The summed E-state index contributed by atoms with van der Waals surface area (Å²) < 4.78 is 0.803. The van der Waals surface area contributed by atoms with Crippen LogP contribution in [0.5, 0.6) is 0 Å². The van der Waals surface area contributed by atoms with Crippen molar-refractivity contribution in [2.45, 2.75) is 39.2 Å². The van der Waals surface area contributed by atoms with Crippen molar-refractivity contribution >= 4 is 27.7 Å². The monoisotopic (exact) mass is 366 g/mol. The van der Waals surface area contributed by atoms with Crippen molar-refractivity contribution in [1.82, 2.24) is 10.2 Å². The maximum absolute atomic E-state index is 12.3. The summed E-state index contributed by atoms with van der Waals surface area (Å²) >= 11 is 3.40. The third-order valence-corrected chi connectivity index (χ3v) is 4.58. The fraction of sp³-hybridized carbons (Fsp3) is 0.529. The van der Waals surface area contributed by atoms with E-state index >= 15 is 0 Å². The molecule has 120 valence electrons. The number of rotatable bonds is 4. The molecule has 1 aromatic rings. The number of carbonyl (C=O) groups is 2. The van der Waals surface area contributed by atoms with E-state index in [9.17, 15) is 9.59 Å². The Labute approximate surface area is 140 Å². The van der Waals surface area contributed by atoms with E-state index in [4.69, 9.17) is 0 Å². The number of benzene rings is 1. The first-order valence-electron chi connectivity index (χ1n) is 7.80. The Morgan fingerprint density at radius 3 is 2.50 bits per heavy atom. The highest BCUT2D eigenvalue weighted by Crippen LogP contribution is 2.18. The maximum Gasteiger partial charge on any atom is 0.252 e. The summed E-state index contributed by atoms with van der Waals surface area (Å²) in [5.74, 6) is 0.561. The fourth-order valence-corrected chi connectivity index (χ4v) is 3.12. The zero-order valence-electron chi connectivity index (χ0n) is 13.1. The van der Waals surface area contributed by atoms with Gasteiger partial charge in [0.2, 0.25) is 5.91 Å². The summed E-state index contributed by atoms with van der Waals surface area (Å²) in [5, 5.41) is 3.07. The number of carbonyl (C=O) groups excluding carboxylic acids is 2. The Morgan fingerprint density at radius 1 is 1.27 bits per heavy atom. The quantitative estimate of drug-likeness (QED) is 0.889. The Kier molecular flexibility index (Phi) is 6.00. The molecule has 22 heavy (non-hydrogen) atoms. The molecular formula is C17H23BrN2O2. The van der Waals surface area contributed by atoms with Gasteiger partial charge in [-0.15, -0.1) is 0 Å². The van der Waals surface area contributed by atoms with Gasteiger partial charge in [-0.25, -0.2) is 0 Å². The normalized spacial score (nSPS) is 15.9. The van der Waals surface area contributed by atoms with E-state index in [1.54, 1.807) is 6.07 Å². The van der Waals surface area contributed by atoms with Gasteiger partial charge in [-0.3, -0.25) is 9.59 Å². The molecule has 2 amide bonds. The standard InChI is InChI=1S/C17H23BrN2O2/c1-12(2)11-16(21)20-9-7-13(8-10-20)19-17(22)14-5-3-4-6-15(14)18/h3-6,12-13H,7-11H2,1-2H3,(H,19,22). The zero-order valence-corrected chi connectivity index (χ0v) is 14.7. The van der Waals surface area contributed by atoms with E-state index in [1.165, 1.54) is 0 Å². The van der Waals surface area contributed by atoms with E-state index in [-0.39, 0.29) is 17.9 Å². The molecule has 1 saturated heterocycles. The van der Waals surface area contributed by atoms with E-state index in [0.29, 0.717) is 17.9 Å². The number of piperidine rings is 1. The predicted octanol–water partition coefficient (Wildman–Crippen LogP) is 3.22. The number of hydrogen-bond acceptors (Lipinski definition) is 2. The highest BCUT2D eigenvalue weighted by molar-refractivity contribution is 9.10. The highest BCUT2D eigenvalue weighted by Gasteiger charge is 2.24. The van der Waals surface area contributed by atoms with E-state index in [1.807, 2.05) is 23.1 Å². The van der Waals surface area contributed by atoms with Crippen molar-refractivity contribution in [2.75, 3.05) is 13.1 Å². The van der Waals surface area contributed by atoms with Crippen LogP contribution in [0.2, 0.25) is 0 Å². The second-order valence-corrected chi connectivity index (χ2v) is 7.06. The van der Waals surface area contributed by atoms with Crippen LogP contribution in [-0.4, -0.2) is 35.8 Å². The molecule has 1 fully saturated rings. The first-order chi connectivity index (χ1) is 10.5. The first kappa shape index (κ1) is 17.0. The van der Waals surface area contributed by atoms with Crippen molar-refractivity contribution in [2.24, 2.45) is 5.92 Å². The molecule has 1 aromatic carbocycles. The molecule has 1 heterocycles. The number of amides is 2. The Balaban J connectivity index is 1.84. The Morgan fingerprint density at radius 2 is 1.91 bits per heavy atom. The Bertz CT molecular complexity index is 537. The Hall–Kier alpha value is -1.36. The lowest BCUT2D eigenvalue weighted by molar-refractivity contribution is -0.133. The third-order valence-electron chi connectivity index (χ3n) is 3.88. The van der Waals surface area contributed by atoms with Crippen LogP contribution in [0.25, 0.3) is 0 Å². The number of hydrogen-bond donors (Lipinski definition) is 1. The third kappa shape index (κ3) is 4.57. The van der Waals surface area contributed by atoms with Gasteiger partial charge in [0.25, 0.3) is 5.91 Å². The van der Waals surface area contributed by atoms with Crippen molar-refractivity contribution in [1.29, 1.82) is 0 Å². The summed E-state index contributed by atoms with van der Waals surface area (Å²) in [4.78, 5) is 26.2. The molecule has 2 rings (SSSR count). The van der Waals surface area contributed by atoms with Gasteiger partial charge < -0.3 is 10.2 Å². The molecule has 0 bridgehead atoms. The summed E-state index contributed by atoms with van der Waals surface area (Å²) in [5.41, 5.74) is 0.654. The molecule has 0 unspecified atom stereocenters. The predicted molar refractivity (Wildman–Crippen MR) is 90.7 cm³/mol. The zero-order chi connectivity index (χ0) is 16.1. The number of nitrogens with one attached hydrogen (secondary N) is 1. The topological polar surface area (TPSA) is 49.4 Å². The minimum absolute atomic E-state index is 0.0561. The van der Waals surface area contributed by atoms with Crippen molar-refractivity contribution < 1.29 is 9.59 Å².